The zero-order valence-corrected chi connectivity index (χ0v) is 7.99. The normalized spacial score (nSPS) is 12.5. The molecule has 0 aliphatic heterocycles. The molecule has 0 aliphatic carbocycles. The van der Waals surface area contributed by atoms with Crippen molar-refractivity contribution in [3.63, 3.8) is 0 Å². The van der Waals surface area contributed by atoms with Crippen LogP contribution in [0.2, 0.25) is 0 Å². The van der Waals surface area contributed by atoms with Gasteiger partial charge in [0, 0.05) is 6.42 Å². The standard InChI is InChI=1S/C10H12F2O3/c11-8-2-1-3-9(10(8)12)15-5-4-7(14)6-13/h1-3,7,13-14H,4-6H2/t7-/m0/s1. The number of aliphatic hydroxyl groups is 2. The fourth-order valence-electron chi connectivity index (χ4n) is 0.992. The fraction of sp³-hybridized carbons (Fsp3) is 0.400. The Morgan fingerprint density at radius 1 is 1.33 bits per heavy atom. The number of hydrogen-bond donors (Lipinski definition) is 2. The van der Waals surface area contributed by atoms with Crippen LogP contribution in [-0.2, 0) is 0 Å². The summed E-state index contributed by atoms with van der Waals surface area (Å²) in [6.45, 7) is -0.364. The van der Waals surface area contributed by atoms with Crippen LogP contribution in [0.15, 0.2) is 18.2 Å². The van der Waals surface area contributed by atoms with Crippen LogP contribution in [0.3, 0.4) is 0 Å². The molecule has 1 rings (SSSR count). The van der Waals surface area contributed by atoms with Crippen molar-refractivity contribution in [3.8, 4) is 5.75 Å². The molecule has 0 fully saturated rings. The van der Waals surface area contributed by atoms with Crippen LogP contribution in [0, 0.1) is 11.6 Å². The van der Waals surface area contributed by atoms with Crippen LogP contribution >= 0.6 is 0 Å². The Labute approximate surface area is 85.9 Å². The van der Waals surface area contributed by atoms with Gasteiger partial charge in [-0.3, -0.25) is 0 Å². The zero-order valence-electron chi connectivity index (χ0n) is 7.99. The summed E-state index contributed by atoms with van der Waals surface area (Å²) in [6.07, 6.45) is -0.742. The van der Waals surface area contributed by atoms with Gasteiger partial charge in [0.2, 0.25) is 5.82 Å². The van der Waals surface area contributed by atoms with Gasteiger partial charge in [0.1, 0.15) is 0 Å². The van der Waals surface area contributed by atoms with E-state index in [1.54, 1.807) is 0 Å². The Morgan fingerprint density at radius 3 is 2.73 bits per heavy atom. The summed E-state index contributed by atoms with van der Waals surface area (Å²) in [5.41, 5.74) is 0. The number of ether oxygens (including phenoxy) is 1. The molecular weight excluding hydrogens is 206 g/mol. The van der Waals surface area contributed by atoms with Gasteiger partial charge in [-0.2, -0.15) is 4.39 Å². The van der Waals surface area contributed by atoms with Crippen molar-refractivity contribution in [3.05, 3.63) is 29.8 Å². The highest BCUT2D eigenvalue weighted by Gasteiger charge is 2.09. The lowest BCUT2D eigenvalue weighted by molar-refractivity contribution is 0.0747. The first-order chi connectivity index (χ1) is 7.15. The quantitative estimate of drug-likeness (QED) is 0.777. The predicted molar refractivity (Wildman–Crippen MR) is 49.6 cm³/mol. The van der Waals surface area contributed by atoms with Crippen molar-refractivity contribution in [2.75, 3.05) is 13.2 Å². The topological polar surface area (TPSA) is 49.7 Å². The molecule has 0 saturated carbocycles. The van der Waals surface area contributed by atoms with Crippen LogP contribution < -0.4 is 4.74 Å². The lowest BCUT2D eigenvalue weighted by Gasteiger charge is -2.09. The lowest BCUT2D eigenvalue weighted by Crippen LogP contribution is -2.16. The Morgan fingerprint density at radius 2 is 2.07 bits per heavy atom. The van der Waals surface area contributed by atoms with E-state index in [4.69, 9.17) is 14.9 Å². The first-order valence-electron chi connectivity index (χ1n) is 4.51. The van der Waals surface area contributed by atoms with E-state index in [1.807, 2.05) is 0 Å². The number of hydrogen-bond acceptors (Lipinski definition) is 3. The smallest absolute Gasteiger partial charge is 0.200 e. The van der Waals surface area contributed by atoms with Crippen molar-refractivity contribution in [1.29, 1.82) is 0 Å². The second kappa shape index (κ2) is 5.63. The SMILES string of the molecule is OC[C@@H](O)CCOc1cccc(F)c1F. The average Bonchev–Trinajstić information content (AvgIpc) is 2.24. The molecule has 1 atom stereocenters. The molecule has 0 aliphatic rings. The van der Waals surface area contributed by atoms with Crippen molar-refractivity contribution in [2.45, 2.75) is 12.5 Å². The molecule has 1 aromatic rings. The molecule has 0 amide bonds. The zero-order chi connectivity index (χ0) is 11.3. The number of halogens is 2. The summed E-state index contributed by atoms with van der Waals surface area (Å²) in [4.78, 5) is 0. The molecule has 0 bridgehead atoms. The molecule has 2 N–H and O–H groups in total. The summed E-state index contributed by atoms with van der Waals surface area (Å²) in [5.74, 6) is -2.22. The van der Waals surface area contributed by atoms with Gasteiger partial charge in [-0.25, -0.2) is 4.39 Å². The van der Waals surface area contributed by atoms with Crippen molar-refractivity contribution in [1.82, 2.24) is 0 Å². The van der Waals surface area contributed by atoms with Crippen molar-refractivity contribution >= 4 is 0 Å². The molecule has 0 heterocycles. The van der Waals surface area contributed by atoms with Crippen molar-refractivity contribution < 1.29 is 23.7 Å². The average molecular weight is 218 g/mol. The van der Waals surface area contributed by atoms with Gasteiger partial charge < -0.3 is 14.9 Å². The third kappa shape index (κ3) is 3.45. The lowest BCUT2D eigenvalue weighted by atomic mass is 10.3. The van der Waals surface area contributed by atoms with E-state index in [2.05, 4.69) is 0 Å². The van der Waals surface area contributed by atoms with E-state index in [1.165, 1.54) is 12.1 Å². The monoisotopic (exact) mass is 218 g/mol. The van der Waals surface area contributed by atoms with Gasteiger partial charge in [-0.15, -0.1) is 0 Å². The summed E-state index contributed by atoms with van der Waals surface area (Å²) in [5, 5.41) is 17.5. The Hall–Kier alpha value is -1.20. The van der Waals surface area contributed by atoms with E-state index in [0.717, 1.165) is 6.07 Å². The summed E-state index contributed by atoms with van der Waals surface area (Å²) in [7, 11) is 0. The van der Waals surface area contributed by atoms with Crippen LogP contribution in [-0.4, -0.2) is 29.5 Å². The maximum atomic E-state index is 13.0. The van der Waals surface area contributed by atoms with E-state index in [0.29, 0.717) is 0 Å². The molecule has 15 heavy (non-hydrogen) atoms. The van der Waals surface area contributed by atoms with Crippen LogP contribution in [0.1, 0.15) is 6.42 Å². The van der Waals surface area contributed by atoms with Gasteiger partial charge in [0.05, 0.1) is 19.3 Å². The van der Waals surface area contributed by atoms with E-state index in [9.17, 15) is 8.78 Å². The molecule has 0 aromatic heterocycles. The van der Waals surface area contributed by atoms with Gasteiger partial charge in [0.15, 0.2) is 11.6 Å². The number of benzene rings is 1. The fourth-order valence-corrected chi connectivity index (χ4v) is 0.992. The van der Waals surface area contributed by atoms with Crippen LogP contribution in [0.5, 0.6) is 5.75 Å². The highest BCUT2D eigenvalue weighted by atomic mass is 19.2. The highest BCUT2D eigenvalue weighted by Crippen LogP contribution is 2.19. The van der Waals surface area contributed by atoms with Crippen LogP contribution in [0.4, 0.5) is 8.78 Å². The van der Waals surface area contributed by atoms with Crippen molar-refractivity contribution in [2.24, 2.45) is 0 Å². The largest absolute Gasteiger partial charge is 0.490 e. The molecule has 0 unspecified atom stereocenters. The molecule has 0 saturated heterocycles. The summed E-state index contributed by atoms with van der Waals surface area (Å²) < 4.78 is 30.6. The third-order valence-corrected chi connectivity index (χ3v) is 1.84. The highest BCUT2D eigenvalue weighted by molar-refractivity contribution is 5.24. The molecule has 0 radical (unpaired) electrons. The molecule has 1 aromatic carbocycles. The number of rotatable bonds is 5. The molecule has 84 valence electrons. The minimum absolute atomic E-state index is 0.0160. The summed E-state index contributed by atoms with van der Waals surface area (Å²) >= 11 is 0. The van der Waals surface area contributed by atoms with Gasteiger partial charge >= 0.3 is 0 Å². The Kier molecular flexibility index (Phi) is 4.45. The first-order valence-corrected chi connectivity index (χ1v) is 4.51. The number of aliphatic hydroxyl groups excluding tert-OH is 2. The van der Waals surface area contributed by atoms with Gasteiger partial charge in [0.25, 0.3) is 0 Å². The second-order valence-corrected chi connectivity index (χ2v) is 3.03. The molecular formula is C10H12F2O3. The van der Waals surface area contributed by atoms with E-state index >= 15 is 0 Å². The minimum atomic E-state index is -1.05. The van der Waals surface area contributed by atoms with Gasteiger partial charge in [-0.1, -0.05) is 6.07 Å². The minimum Gasteiger partial charge on any atom is -0.490 e. The first kappa shape index (κ1) is 11.9. The predicted octanol–water partition coefficient (Wildman–Crippen LogP) is 1.09. The Balaban J connectivity index is 2.47. The van der Waals surface area contributed by atoms with Gasteiger partial charge in [-0.05, 0) is 12.1 Å². The van der Waals surface area contributed by atoms with E-state index < -0.39 is 17.7 Å². The maximum absolute atomic E-state index is 13.0. The molecule has 5 heteroatoms. The molecule has 0 spiro atoms. The second-order valence-electron chi connectivity index (χ2n) is 3.03. The van der Waals surface area contributed by atoms with Crippen LogP contribution in [0.25, 0.3) is 0 Å². The third-order valence-electron chi connectivity index (χ3n) is 1.84. The van der Waals surface area contributed by atoms with E-state index in [-0.39, 0.29) is 25.4 Å². The maximum Gasteiger partial charge on any atom is 0.200 e. The summed E-state index contributed by atoms with van der Waals surface area (Å²) in [6, 6.07) is 3.62. The molecule has 3 nitrogen and oxygen atoms in total. The Bertz CT molecular complexity index is 318.